The lowest BCUT2D eigenvalue weighted by Crippen LogP contribution is -2.29. The van der Waals surface area contributed by atoms with E-state index in [1.807, 2.05) is 0 Å². The highest BCUT2D eigenvalue weighted by atomic mass is 16.5. The first kappa shape index (κ1) is 14.5. The zero-order chi connectivity index (χ0) is 12.3. The molecule has 0 unspecified atom stereocenters. The minimum atomic E-state index is 0.145. The highest BCUT2D eigenvalue weighted by molar-refractivity contribution is 5.75. The lowest BCUT2D eigenvalue weighted by atomic mass is 10.3. The van der Waals surface area contributed by atoms with Crippen LogP contribution in [-0.4, -0.2) is 38.3 Å². The molecule has 0 heterocycles. The Kier molecular flexibility index (Phi) is 8.01. The fourth-order valence-corrected chi connectivity index (χ4v) is 1.52. The van der Waals surface area contributed by atoms with E-state index in [0.717, 1.165) is 39.1 Å². The van der Waals surface area contributed by atoms with Crippen LogP contribution in [0, 0.1) is 0 Å². The Morgan fingerprint density at radius 3 is 2.71 bits per heavy atom. The van der Waals surface area contributed by atoms with Gasteiger partial charge in [0, 0.05) is 38.8 Å². The lowest BCUT2D eigenvalue weighted by Gasteiger charge is -2.06. The SMILES string of the molecule is CCCCOCCCNC(=O)CCNC1CC1. The predicted octanol–water partition coefficient (Wildman–Crippen LogP) is 1.45. The van der Waals surface area contributed by atoms with Crippen molar-refractivity contribution in [1.29, 1.82) is 0 Å². The van der Waals surface area contributed by atoms with Crippen LogP contribution in [0.5, 0.6) is 0 Å². The fraction of sp³-hybridized carbons (Fsp3) is 0.923. The van der Waals surface area contributed by atoms with Crippen LogP contribution in [-0.2, 0) is 9.53 Å². The summed E-state index contributed by atoms with van der Waals surface area (Å²) in [5.74, 6) is 0.145. The average Bonchev–Trinajstić information content (AvgIpc) is 3.12. The summed E-state index contributed by atoms with van der Waals surface area (Å²) < 4.78 is 5.41. The quantitative estimate of drug-likeness (QED) is 0.539. The number of rotatable bonds is 11. The van der Waals surface area contributed by atoms with E-state index in [9.17, 15) is 4.79 Å². The maximum absolute atomic E-state index is 11.4. The number of carbonyl (C=O) groups excluding carboxylic acids is 1. The van der Waals surface area contributed by atoms with Crippen LogP contribution in [0.2, 0.25) is 0 Å². The van der Waals surface area contributed by atoms with Crippen LogP contribution >= 0.6 is 0 Å². The number of hydrogen-bond donors (Lipinski definition) is 2. The molecule has 0 aromatic heterocycles. The number of carbonyl (C=O) groups is 1. The molecule has 2 N–H and O–H groups in total. The molecule has 1 aliphatic carbocycles. The van der Waals surface area contributed by atoms with Crippen molar-refractivity contribution in [3.05, 3.63) is 0 Å². The summed E-state index contributed by atoms with van der Waals surface area (Å²) in [7, 11) is 0. The molecule has 17 heavy (non-hydrogen) atoms. The molecule has 0 aromatic rings. The maximum atomic E-state index is 11.4. The van der Waals surface area contributed by atoms with Gasteiger partial charge >= 0.3 is 0 Å². The number of amides is 1. The highest BCUT2D eigenvalue weighted by Crippen LogP contribution is 2.18. The molecule has 100 valence electrons. The third kappa shape index (κ3) is 9.12. The number of unbranched alkanes of at least 4 members (excludes halogenated alkanes) is 1. The van der Waals surface area contributed by atoms with Gasteiger partial charge in [-0.05, 0) is 25.7 Å². The van der Waals surface area contributed by atoms with E-state index in [1.165, 1.54) is 19.3 Å². The second-order valence-electron chi connectivity index (χ2n) is 4.65. The standard InChI is InChI=1S/C13H26N2O2/c1-2-3-10-17-11-4-8-15-13(16)7-9-14-12-5-6-12/h12,14H,2-11H2,1H3,(H,15,16). The monoisotopic (exact) mass is 242 g/mol. The van der Waals surface area contributed by atoms with Crippen molar-refractivity contribution in [3.63, 3.8) is 0 Å². The van der Waals surface area contributed by atoms with E-state index in [1.54, 1.807) is 0 Å². The van der Waals surface area contributed by atoms with Gasteiger partial charge in [0.05, 0.1) is 0 Å². The van der Waals surface area contributed by atoms with Crippen molar-refractivity contribution < 1.29 is 9.53 Å². The van der Waals surface area contributed by atoms with Crippen molar-refractivity contribution in [2.24, 2.45) is 0 Å². The van der Waals surface area contributed by atoms with Crippen LogP contribution in [0.1, 0.15) is 45.4 Å². The zero-order valence-corrected chi connectivity index (χ0v) is 11.0. The number of nitrogens with one attached hydrogen (secondary N) is 2. The molecule has 1 aliphatic rings. The smallest absolute Gasteiger partial charge is 0.221 e. The minimum absolute atomic E-state index is 0.145. The summed E-state index contributed by atoms with van der Waals surface area (Å²) >= 11 is 0. The normalized spacial score (nSPS) is 14.9. The van der Waals surface area contributed by atoms with Crippen molar-refractivity contribution in [2.75, 3.05) is 26.3 Å². The van der Waals surface area contributed by atoms with Crippen LogP contribution in [0.15, 0.2) is 0 Å². The molecule has 0 aliphatic heterocycles. The molecule has 0 spiro atoms. The molecule has 0 saturated heterocycles. The van der Waals surface area contributed by atoms with Gasteiger partial charge in [-0.3, -0.25) is 4.79 Å². The van der Waals surface area contributed by atoms with Gasteiger partial charge in [-0.1, -0.05) is 13.3 Å². The third-order valence-electron chi connectivity index (χ3n) is 2.79. The molecule has 1 fully saturated rings. The summed E-state index contributed by atoms with van der Waals surface area (Å²) in [4.78, 5) is 11.4. The third-order valence-corrected chi connectivity index (χ3v) is 2.79. The fourth-order valence-electron chi connectivity index (χ4n) is 1.52. The molecule has 0 bridgehead atoms. The lowest BCUT2D eigenvalue weighted by molar-refractivity contribution is -0.121. The van der Waals surface area contributed by atoms with Crippen molar-refractivity contribution >= 4 is 5.91 Å². The molecule has 4 heteroatoms. The van der Waals surface area contributed by atoms with E-state index in [4.69, 9.17) is 4.74 Å². The molecule has 0 atom stereocenters. The Morgan fingerprint density at radius 1 is 1.24 bits per heavy atom. The van der Waals surface area contributed by atoms with Gasteiger partial charge in [-0.15, -0.1) is 0 Å². The Hall–Kier alpha value is -0.610. The molecule has 4 nitrogen and oxygen atoms in total. The van der Waals surface area contributed by atoms with Gasteiger partial charge < -0.3 is 15.4 Å². The number of hydrogen-bond acceptors (Lipinski definition) is 3. The summed E-state index contributed by atoms with van der Waals surface area (Å²) in [5.41, 5.74) is 0. The topological polar surface area (TPSA) is 50.4 Å². The van der Waals surface area contributed by atoms with Crippen LogP contribution < -0.4 is 10.6 Å². The van der Waals surface area contributed by atoms with Crippen LogP contribution in [0.3, 0.4) is 0 Å². The predicted molar refractivity (Wildman–Crippen MR) is 69.0 cm³/mol. The minimum Gasteiger partial charge on any atom is -0.381 e. The van der Waals surface area contributed by atoms with Crippen LogP contribution in [0.4, 0.5) is 0 Å². The van der Waals surface area contributed by atoms with Gasteiger partial charge in [-0.2, -0.15) is 0 Å². The molecule has 1 saturated carbocycles. The Balaban J connectivity index is 1.76. The average molecular weight is 242 g/mol. The summed E-state index contributed by atoms with van der Waals surface area (Å²) in [6, 6.07) is 0.690. The van der Waals surface area contributed by atoms with E-state index >= 15 is 0 Å². The van der Waals surface area contributed by atoms with Crippen molar-refractivity contribution in [1.82, 2.24) is 10.6 Å². The molecule has 0 radical (unpaired) electrons. The summed E-state index contributed by atoms with van der Waals surface area (Å²) in [6.07, 6.45) is 6.34. The van der Waals surface area contributed by atoms with Gasteiger partial charge in [0.1, 0.15) is 0 Å². The van der Waals surface area contributed by atoms with Crippen molar-refractivity contribution in [2.45, 2.75) is 51.5 Å². The second kappa shape index (κ2) is 9.42. The largest absolute Gasteiger partial charge is 0.381 e. The number of ether oxygens (including phenoxy) is 1. The van der Waals surface area contributed by atoms with E-state index in [2.05, 4.69) is 17.6 Å². The molecule has 0 aromatic carbocycles. The highest BCUT2D eigenvalue weighted by Gasteiger charge is 2.19. The first-order valence-corrected chi connectivity index (χ1v) is 6.90. The second-order valence-corrected chi connectivity index (χ2v) is 4.65. The van der Waals surface area contributed by atoms with Crippen molar-refractivity contribution in [3.8, 4) is 0 Å². The Labute approximate surface area is 104 Å². The van der Waals surface area contributed by atoms with Gasteiger partial charge in [-0.25, -0.2) is 0 Å². The summed E-state index contributed by atoms with van der Waals surface area (Å²) in [5, 5.41) is 6.24. The van der Waals surface area contributed by atoms with E-state index in [-0.39, 0.29) is 5.91 Å². The van der Waals surface area contributed by atoms with Gasteiger partial charge in [0.25, 0.3) is 0 Å². The first-order valence-electron chi connectivity index (χ1n) is 6.90. The maximum Gasteiger partial charge on any atom is 0.221 e. The molecular weight excluding hydrogens is 216 g/mol. The first-order chi connectivity index (χ1) is 8.33. The molecule has 1 rings (SSSR count). The Morgan fingerprint density at radius 2 is 2.00 bits per heavy atom. The summed E-state index contributed by atoms with van der Waals surface area (Å²) in [6.45, 7) is 5.29. The van der Waals surface area contributed by atoms with Gasteiger partial charge in [0.2, 0.25) is 5.91 Å². The van der Waals surface area contributed by atoms with Gasteiger partial charge in [0.15, 0.2) is 0 Å². The molecule has 1 amide bonds. The Bertz CT molecular complexity index is 206. The molecular formula is C13H26N2O2. The van der Waals surface area contributed by atoms with E-state index in [0.29, 0.717) is 12.5 Å². The van der Waals surface area contributed by atoms with E-state index < -0.39 is 0 Å². The van der Waals surface area contributed by atoms with Crippen LogP contribution in [0.25, 0.3) is 0 Å². The zero-order valence-electron chi connectivity index (χ0n) is 11.0.